The molecule has 1 aromatic carbocycles. The zero-order chi connectivity index (χ0) is 12.6. The van der Waals surface area contributed by atoms with Crippen LogP contribution in [0.4, 0.5) is 0 Å². The Morgan fingerprint density at radius 2 is 1.88 bits per heavy atom. The number of aliphatic hydroxyl groups is 1. The number of rotatable bonds is 2. The summed E-state index contributed by atoms with van der Waals surface area (Å²) in [6.07, 6.45) is 0.555. The van der Waals surface area contributed by atoms with Crippen molar-refractivity contribution in [3.63, 3.8) is 0 Å². The van der Waals surface area contributed by atoms with Crippen molar-refractivity contribution >= 4 is 11.5 Å². The Bertz CT molecular complexity index is 485. The lowest BCUT2D eigenvalue weighted by Crippen LogP contribution is -2.26. The molecule has 1 aliphatic rings. The Labute approximate surface area is 101 Å². The largest absolute Gasteiger partial charge is 0.507 e. The average Bonchev–Trinajstić information content (AvgIpc) is 2.53. The van der Waals surface area contributed by atoms with E-state index < -0.39 is 11.6 Å². The average molecular weight is 232 g/mol. The maximum absolute atomic E-state index is 11.8. The molecule has 1 N–H and O–H groups in total. The SMILES string of the molecule is CCC1(C)OC(=O)C(c2ccc(C)cc2)=C1O. The van der Waals surface area contributed by atoms with Gasteiger partial charge in [-0.05, 0) is 25.8 Å². The number of carbonyl (C=O) groups is 1. The summed E-state index contributed by atoms with van der Waals surface area (Å²) in [5.41, 5.74) is 1.22. The number of aryl methyl sites for hydroxylation is 1. The van der Waals surface area contributed by atoms with Gasteiger partial charge in [-0.25, -0.2) is 4.79 Å². The standard InChI is InChI=1S/C14H16O3/c1-4-14(3)12(15)11(13(16)17-14)10-7-5-9(2)6-8-10/h5-8,15H,4H2,1-3H3. The van der Waals surface area contributed by atoms with Gasteiger partial charge in [-0.3, -0.25) is 0 Å². The number of carbonyl (C=O) groups excluding carboxylic acids is 1. The van der Waals surface area contributed by atoms with Crippen LogP contribution >= 0.6 is 0 Å². The summed E-state index contributed by atoms with van der Waals surface area (Å²) >= 11 is 0. The van der Waals surface area contributed by atoms with E-state index in [1.165, 1.54) is 0 Å². The minimum atomic E-state index is -0.878. The number of benzene rings is 1. The third kappa shape index (κ3) is 1.82. The predicted molar refractivity (Wildman–Crippen MR) is 65.5 cm³/mol. The van der Waals surface area contributed by atoms with E-state index in [2.05, 4.69) is 0 Å². The number of aliphatic hydroxyl groups excluding tert-OH is 1. The molecule has 90 valence electrons. The second-order valence-corrected chi connectivity index (χ2v) is 4.56. The first kappa shape index (κ1) is 11.7. The summed E-state index contributed by atoms with van der Waals surface area (Å²) < 4.78 is 5.24. The normalized spacial score (nSPS) is 24.1. The summed E-state index contributed by atoms with van der Waals surface area (Å²) in [4.78, 5) is 11.8. The molecule has 1 atom stereocenters. The summed E-state index contributed by atoms with van der Waals surface area (Å²) in [7, 11) is 0. The van der Waals surface area contributed by atoms with Gasteiger partial charge in [0.15, 0.2) is 11.4 Å². The molecule has 0 saturated heterocycles. The number of ether oxygens (including phenoxy) is 1. The van der Waals surface area contributed by atoms with Gasteiger partial charge in [0.25, 0.3) is 0 Å². The van der Waals surface area contributed by atoms with Crippen molar-refractivity contribution in [2.45, 2.75) is 32.8 Å². The number of esters is 1. The molecule has 0 aromatic heterocycles. The second kappa shape index (κ2) is 3.91. The van der Waals surface area contributed by atoms with Gasteiger partial charge in [-0.15, -0.1) is 0 Å². The van der Waals surface area contributed by atoms with Gasteiger partial charge in [-0.2, -0.15) is 0 Å². The summed E-state index contributed by atoms with van der Waals surface area (Å²) in [6.45, 7) is 5.57. The molecule has 0 saturated carbocycles. The monoisotopic (exact) mass is 232 g/mol. The van der Waals surface area contributed by atoms with Crippen LogP contribution in [-0.2, 0) is 9.53 Å². The molecule has 0 spiro atoms. The first-order valence-corrected chi connectivity index (χ1v) is 5.72. The highest BCUT2D eigenvalue weighted by molar-refractivity contribution is 6.19. The van der Waals surface area contributed by atoms with E-state index in [0.717, 1.165) is 5.56 Å². The smallest absolute Gasteiger partial charge is 0.343 e. The highest BCUT2D eigenvalue weighted by atomic mass is 16.6. The fourth-order valence-corrected chi connectivity index (χ4v) is 1.88. The fourth-order valence-electron chi connectivity index (χ4n) is 1.88. The maximum Gasteiger partial charge on any atom is 0.343 e. The molecule has 1 unspecified atom stereocenters. The Morgan fingerprint density at radius 1 is 1.29 bits per heavy atom. The van der Waals surface area contributed by atoms with Crippen LogP contribution in [0.2, 0.25) is 0 Å². The first-order valence-electron chi connectivity index (χ1n) is 5.72. The molecular weight excluding hydrogens is 216 g/mol. The van der Waals surface area contributed by atoms with E-state index >= 15 is 0 Å². The van der Waals surface area contributed by atoms with Gasteiger partial charge in [0.1, 0.15) is 5.57 Å². The fraction of sp³-hybridized carbons (Fsp3) is 0.357. The van der Waals surface area contributed by atoms with E-state index in [4.69, 9.17) is 4.74 Å². The van der Waals surface area contributed by atoms with E-state index in [9.17, 15) is 9.90 Å². The molecule has 0 aliphatic carbocycles. The molecule has 1 aliphatic heterocycles. The molecule has 0 bridgehead atoms. The van der Waals surface area contributed by atoms with E-state index in [1.54, 1.807) is 6.92 Å². The highest BCUT2D eigenvalue weighted by Gasteiger charge is 2.43. The lowest BCUT2D eigenvalue weighted by Gasteiger charge is -2.20. The Morgan fingerprint density at radius 3 is 2.35 bits per heavy atom. The Kier molecular flexibility index (Phi) is 2.69. The van der Waals surface area contributed by atoms with Crippen molar-refractivity contribution in [3.05, 3.63) is 41.2 Å². The van der Waals surface area contributed by atoms with Crippen LogP contribution in [0.5, 0.6) is 0 Å². The second-order valence-electron chi connectivity index (χ2n) is 4.56. The van der Waals surface area contributed by atoms with Crippen LogP contribution in [0.1, 0.15) is 31.4 Å². The summed E-state index contributed by atoms with van der Waals surface area (Å²) in [5, 5.41) is 10.1. The molecule has 1 heterocycles. The van der Waals surface area contributed by atoms with Gasteiger partial charge in [0, 0.05) is 0 Å². The molecule has 2 rings (SSSR count). The minimum absolute atomic E-state index is 0.0360. The van der Waals surface area contributed by atoms with E-state index in [-0.39, 0.29) is 11.3 Å². The van der Waals surface area contributed by atoms with Crippen LogP contribution < -0.4 is 0 Å². The van der Waals surface area contributed by atoms with Crippen LogP contribution in [0.3, 0.4) is 0 Å². The zero-order valence-electron chi connectivity index (χ0n) is 10.3. The molecule has 1 aromatic rings. The van der Waals surface area contributed by atoms with E-state index in [1.807, 2.05) is 38.1 Å². The lowest BCUT2D eigenvalue weighted by molar-refractivity contribution is -0.145. The number of hydrogen-bond donors (Lipinski definition) is 1. The van der Waals surface area contributed by atoms with Gasteiger partial charge in [-0.1, -0.05) is 36.8 Å². The lowest BCUT2D eigenvalue weighted by atomic mass is 9.96. The molecule has 0 radical (unpaired) electrons. The Hall–Kier alpha value is -1.77. The highest BCUT2D eigenvalue weighted by Crippen LogP contribution is 2.38. The van der Waals surface area contributed by atoms with Crippen molar-refractivity contribution in [2.75, 3.05) is 0 Å². The summed E-state index contributed by atoms with van der Waals surface area (Å²) in [5.74, 6) is -0.412. The van der Waals surface area contributed by atoms with Gasteiger partial charge >= 0.3 is 5.97 Å². The quantitative estimate of drug-likeness (QED) is 0.797. The molecule has 0 amide bonds. The molecular formula is C14H16O3. The Balaban J connectivity index is 2.50. The number of hydrogen-bond acceptors (Lipinski definition) is 3. The summed E-state index contributed by atoms with van der Waals surface area (Å²) in [6, 6.07) is 7.46. The number of cyclic esters (lactones) is 1. The van der Waals surface area contributed by atoms with Crippen LogP contribution in [-0.4, -0.2) is 16.7 Å². The first-order chi connectivity index (χ1) is 7.98. The maximum atomic E-state index is 11.8. The minimum Gasteiger partial charge on any atom is -0.507 e. The van der Waals surface area contributed by atoms with Crippen LogP contribution in [0.25, 0.3) is 5.57 Å². The third-order valence-corrected chi connectivity index (χ3v) is 3.27. The van der Waals surface area contributed by atoms with Crippen molar-refractivity contribution in [3.8, 4) is 0 Å². The molecule has 3 nitrogen and oxygen atoms in total. The van der Waals surface area contributed by atoms with Gasteiger partial charge in [0.2, 0.25) is 0 Å². The molecule has 0 fully saturated rings. The zero-order valence-corrected chi connectivity index (χ0v) is 10.3. The van der Waals surface area contributed by atoms with Crippen molar-refractivity contribution in [1.82, 2.24) is 0 Å². The van der Waals surface area contributed by atoms with Crippen LogP contribution in [0, 0.1) is 6.92 Å². The topological polar surface area (TPSA) is 46.5 Å². The molecule has 17 heavy (non-hydrogen) atoms. The molecule has 3 heteroatoms. The van der Waals surface area contributed by atoms with Gasteiger partial charge in [0.05, 0.1) is 0 Å². The van der Waals surface area contributed by atoms with Crippen LogP contribution in [0.15, 0.2) is 30.0 Å². The van der Waals surface area contributed by atoms with Gasteiger partial charge < -0.3 is 9.84 Å². The van der Waals surface area contributed by atoms with Crippen molar-refractivity contribution in [1.29, 1.82) is 0 Å². The van der Waals surface area contributed by atoms with E-state index in [0.29, 0.717) is 12.0 Å². The third-order valence-electron chi connectivity index (χ3n) is 3.27. The van der Waals surface area contributed by atoms with Crippen molar-refractivity contribution in [2.24, 2.45) is 0 Å². The predicted octanol–water partition coefficient (Wildman–Crippen LogP) is 2.99. The van der Waals surface area contributed by atoms with Crippen molar-refractivity contribution < 1.29 is 14.6 Å².